The molecule has 4 aromatic rings. The lowest BCUT2D eigenvalue weighted by Gasteiger charge is -2.23. The molecule has 1 atom stereocenters. The van der Waals surface area contributed by atoms with Crippen LogP contribution in [0.4, 0.5) is 15.8 Å². The van der Waals surface area contributed by atoms with Crippen molar-refractivity contribution in [2.24, 2.45) is 0 Å². The summed E-state index contributed by atoms with van der Waals surface area (Å²) in [6.45, 7) is 2.21. The third-order valence-electron chi connectivity index (χ3n) is 5.48. The predicted octanol–water partition coefficient (Wildman–Crippen LogP) is 3.66. The highest BCUT2D eigenvalue weighted by Crippen LogP contribution is 2.26. The quantitative estimate of drug-likeness (QED) is 0.287. The first kappa shape index (κ1) is 22.3. The SMILES string of the molecule is Nc1cc(F)ccc1NC(=O)c1ccc(CSc2nc(C3CNCCO3)c3cccn3n2)cc1. The third kappa shape index (κ3) is 4.89. The van der Waals surface area contributed by atoms with Gasteiger partial charge < -0.3 is 21.1 Å². The number of halogens is 1. The molecule has 2 aromatic heterocycles. The van der Waals surface area contributed by atoms with Gasteiger partial charge in [-0.05, 0) is 48.0 Å². The molecule has 0 bridgehead atoms. The number of nitrogen functional groups attached to an aromatic ring is 1. The number of anilines is 2. The Bertz CT molecular complexity index is 1320. The summed E-state index contributed by atoms with van der Waals surface area (Å²) in [6.07, 6.45) is 1.80. The molecule has 3 heterocycles. The van der Waals surface area contributed by atoms with Crippen LogP contribution in [-0.2, 0) is 10.5 Å². The maximum atomic E-state index is 13.2. The van der Waals surface area contributed by atoms with E-state index in [1.54, 1.807) is 12.1 Å². The zero-order valence-corrected chi connectivity index (χ0v) is 19.0. The van der Waals surface area contributed by atoms with E-state index < -0.39 is 5.82 Å². The van der Waals surface area contributed by atoms with Crippen LogP contribution in [-0.4, -0.2) is 40.2 Å². The average molecular weight is 479 g/mol. The molecule has 8 nitrogen and oxygen atoms in total. The fraction of sp³-hybridized carbons (Fsp3) is 0.208. The van der Waals surface area contributed by atoms with Gasteiger partial charge in [0.1, 0.15) is 11.9 Å². The summed E-state index contributed by atoms with van der Waals surface area (Å²) in [6, 6.07) is 15.1. The molecular weight excluding hydrogens is 455 g/mol. The van der Waals surface area contributed by atoms with Crippen molar-refractivity contribution in [1.29, 1.82) is 0 Å². The Morgan fingerprint density at radius 2 is 2.12 bits per heavy atom. The number of carbonyl (C=O) groups excluding carboxylic acids is 1. The van der Waals surface area contributed by atoms with E-state index in [0.29, 0.717) is 28.8 Å². The van der Waals surface area contributed by atoms with E-state index in [4.69, 9.17) is 15.5 Å². The summed E-state index contributed by atoms with van der Waals surface area (Å²) in [4.78, 5) is 17.3. The fourth-order valence-electron chi connectivity index (χ4n) is 3.72. The number of fused-ring (bicyclic) bond motifs is 1. The van der Waals surface area contributed by atoms with Crippen LogP contribution < -0.4 is 16.4 Å². The highest BCUT2D eigenvalue weighted by molar-refractivity contribution is 7.98. The molecule has 10 heteroatoms. The van der Waals surface area contributed by atoms with Gasteiger partial charge in [-0.15, -0.1) is 5.10 Å². The van der Waals surface area contributed by atoms with E-state index in [9.17, 15) is 9.18 Å². The molecule has 174 valence electrons. The number of amides is 1. The fourth-order valence-corrected chi connectivity index (χ4v) is 4.52. The predicted molar refractivity (Wildman–Crippen MR) is 129 cm³/mol. The van der Waals surface area contributed by atoms with Gasteiger partial charge in [0.15, 0.2) is 0 Å². The van der Waals surface area contributed by atoms with Crippen molar-refractivity contribution in [3.05, 3.63) is 83.4 Å². The lowest BCUT2D eigenvalue weighted by Crippen LogP contribution is -2.34. The Hall–Kier alpha value is -3.47. The van der Waals surface area contributed by atoms with Crippen molar-refractivity contribution in [2.45, 2.75) is 17.0 Å². The van der Waals surface area contributed by atoms with E-state index in [-0.39, 0.29) is 17.7 Å². The molecule has 0 radical (unpaired) electrons. The van der Waals surface area contributed by atoms with Crippen LogP contribution in [0.2, 0.25) is 0 Å². The van der Waals surface area contributed by atoms with E-state index in [1.807, 2.05) is 35.0 Å². The average Bonchev–Trinajstić information content (AvgIpc) is 3.33. The molecular formula is C24H23FN6O2S. The topological polar surface area (TPSA) is 107 Å². The number of hydrogen-bond donors (Lipinski definition) is 3. The number of hydrogen-bond acceptors (Lipinski definition) is 7. The molecule has 1 aliphatic rings. The Morgan fingerprint density at radius 3 is 2.88 bits per heavy atom. The van der Waals surface area contributed by atoms with Crippen molar-refractivity contribution in [1.82, 2.24) is 19.9 Å². The largest absolute Gasteiger partial charge is 0.397 e. The lowest BCUT2D eigenvalue weighted by molar-refractivity contribution is 0.0252. The number of nitrogens with two attached hydrogens (primary N) is 1. The zero-order valence-electron chi connectivity index (χ0n) is 18.2. The summed E-state index contributed by atoms with van der Waals surface area (Å²) >= 11 is 1.52. The molecule has 4 N–H and O–H groups in total. The molecule has 0 aliphatic carbocycles. The molecule has 1 unspecified atom stereocenters. The van der Waals surface area contributed by atoms with Crippen LogP contribution in [0.15, 0.2) is 66.0 Å². The number of morpholine rings is 1. The van der Waals surface area contributed by atoms with Crippen molar-refractivity contribution in [3.63, 3.8) is 0 Å². The minimum Gasteiger partial charge on any atom is -0.397 e. The van der Waals surface area contributed by atoms with E-state index in [1.165, 1.54) is 30.0 Å². The van der Waals surface area contributed by atoms with Gasteiger partial charge in [0.25, 0.3) is 5.91 Å². The Labute approximate surface area is 199 Å². The number of carbonyl (C=O) groups is 1. The molecule has 5 rings (SSSR count). The Morgan fingerprint density at radius 1 is 1.26 bits per heavy atom. The van der Waals surface area contributed by atoms with Crippen LogP contribution in [0.1, 0.15) is 27.7 Å². The molecule has 1 amide bonds. The maximum Gasteiger partial charge on any atom is 0.255 e. The van der Waals surface area contributed by atoms with Crippen LogP contribution in [0.25, 0.3) is 5.52 Å². The smallest absolute Gasteiger partial charge is 0.255 e. The Balaban J connectivity index is 1.26. The summed E-state index contributed by atoms with van der Waals surface area (Å²) in [5.41, 5.74) is 9.64. The standard InChI is InChI=1S/C24H23FN6O2S/c25-17-7-8-19(18(26)12-17)28-23(32)16-5-3-15(4-6-16)14-34-24-29-22(21-13-27-9-11-33-21)20-2-1-10-31(20)30-24/h1-8,10,12,21,27H,9,11,13-14,26H2,(H,28,32). The molecule has 1 saturated heterocycles. The molecule has 0 saturated carbocycles. The first-order valence-corrected chi connectivity index (χ1v) is 11.8. The van der Waals surface area contributed by atoms with Gasteiger partial charge in [0, 0.05) is 30.6 Å². The molecule has 1 fully saturated rings. The number of rotatable bonds is 6. The minimum atomic E-state index is -0.452. The number of thioether (sulfide) groups is 1. The van der Waals surface area contributed by atoms with Gasteiger partial charge >= 0.3 is 0 Å². The monoisotopic (exact) mass is 478 g/mol. The second-order valence-corrected chi connectivity index (χ2v) is 8.79. The highest BCUT2D eigenvalue weighted by atomic mass is 32.2. The van der Waals surface area contributed by atoms with Crippen molar-refractivity contribution in [3.8, 4) is 0 Å². The van der Waals surface area contributed by atoms with E-state index in [0.717, 1.165) is 29.9 Å². The first-order valence-electron chi connectivity index (χ1n) is 10.8. The summed E-state index contributed by atoms with van der Waals surface area (Å²) < 4.78 is 21.0. The number of aromatic nitrogens is 3. The number of nitrogens with zero attached hydrogens (tertiary/aromatic N) is 3. The minimum absolute atomic E-state index is 0.110. The van der Waals surface area contributed by atoms with Gasteiger partial charge in [0.05, 0.1) is 29.2 Å². The maximum absolute atomic E-state index is 13.2. The normalized spacial score (nSPS) is 16.0. The summed E-state index contributed by atoms with van der Waals surface area (Å²) in [5, 5.41) is 11.3. The van der Waals surface area contributed by atoms with Crippen molar-refractivity contribution >= 4 is 34.6 Å². The third-order valence-corrected chi connectivity index (χ3v) is 6.39. The lowest BCUT2D eigenvalue weighted by atomic mass is 10.1. The van der Waals surface area contributed by atoms with Gasteiger partial charge in [-0.2, -0.15) is 0 Å². The molecule has 2 aromatic carbocycles. The summed E-state index contributed by atoms with van der Waals surface area (Å²) in [5.74, 6) is -0.125. The first-order chi connectivity index (χ1) is 16.6. The summed E-state index contributed by atoms with van der Waals surface area (Å²) in [7, 11) is 0. The van der Waals surface area contributed by atoms with Gasteiger partial charge in [-0.25, -0.2) is 13.9 Å². The second-order valence-electron chi connectivity index (χ2n) is 7.85. The van der Waals surface area contributed by atoms with Crippen LogP contribution in [0, 0.1) is 5.82 Å². The second kappa shape index (κ2) is 9.80. The molecule has 1 aliphatic heterocycles. The van der Waals surface area contributed by atoms with Gasteiger partial charge in [0.2, 0.25) is 5.16 Å². The number of benzene rings is 2. The molecule has 0 spiro atoms. The number of nitrogens with one attached hydrogen (secondary N) is 2. The van der Waals surface area contributed by atoms with Gasteiger partial charge in [-0.3, -0.25) is 4.79 Å². The molecule has 34 heavy (non-hydrogen) atoms. The van der Waals surface area contributed by atoms with Crippen molar-refractivity contribution in [2.75, 3.05) is 30.7 Å². The Kier molecular flexibility index (Phi) is 6.43. The van der Waals surface area contributed by atoms with E-state index in [2.05, 4.69) is 15.7 Å². The number of ether oxygens (including phenoxy) is 1. The van der Waals surface area contributed by atoms with E-state index >= 15 is 0 Å². The van der Waals surface area contributed by atoms with Crippen LogP contribution in [0.3, 0.4) is 0 Å². The highest BCUT2D eigenvalue weighted by Gasteiger charge is 2.21. The van der Waals surface area contributed by atoms with Crippen LogP contribution >= 0.6 is 11.8 Å². The zero-order chi connectivity index (χ0) is 23.5. The van der Waals surface area contributed by atoms with Crippen molar-refractivity contribution < 1.29 is 13.9 Å². The van der Waals surface area contributed by atoms with Crippen LogP contribution in [0.5, 0.6) is 0 Å². The van der Waals surface area contributed by atoms with Gasteiger partial charge in [-0.1, -0.05) is 23.9 Å².